The number of fused-ring (bicyclic) bond motifs is 1. The van der Waals surface area contributed by atoms with Gasteiger partial charge in [-0.05, 0) is 44.4 Å². The molecule has 0 saturated carbocycles. The zero-order valence-electron chi connectivity index (χ0n) is 13.9. The fraction of sp³-hybridized carbons (Fsp3) is 0.368. The van der Waals surface area contributed by atoms with Gasteiger partial charge in [0.05, 0.1) is 17.4 Å². The summed E-state index contributed by atoms with van der Waals surface area (Å²) < 4.78 is 0. The van der Waals surface area contributed by atoms with Gasteiger partial charge in [-0.25, -0.2) is 0 Å². The van der Waals surface area contributed by atoms with Crippen molar-refractivity contribution in [3.63, 3.8) is 0 Å². The van der Waals surface area contributed by atoms with Gasteiger partial charge in [0, 0.05) is 24.0 Å². The molecule has 120 valence electrons. The van der Waals surface area contributed by atoms with Crippen LogP contribution >= 0.6 is 0 Å². The van der Waals surface area contributed by atoms with E-state index in [9.17, 15) is 4.79 Å². The molecule has 1 aliphatic rings. The van der Waals surface area contributed by atoms with Crippen LogP contribution in [-0.2, 0) is 6.42 Å². The number of para-hydroxylation sites is 1. The second-order valence-corrected chi connectivity index (χ2v) is 6.27. The highest BCUT2D eigenvalue weighted by Crippen LogP contribution is 2.37. The van der Waals surface area contributed by atoms with Crippen LogP contribution in [0, 0.1) is 0 Å². The molecule has 3 rings (SSSR count). The summed E-state index contributed by atoms with van der Waals surface area (Å²) in [6.07, 6.45) is 5.39. The Morgan fingerprint density at radius 2 is 2.17 bits per heavy atom. The van der Waals surface area contributed by atoms with E-state index in [0.29, 0.717) is 11.6 Å². The molecule has 0 bridgehead atoms. The van der Waals surface area contributed by atoms with E-state index in [-0.39, 0.29) is 11.9 Å². The van der Waals surface area contributed by atoms with Crippen molar-refractivity contribution in [2.45, 2.75) is 45.7 Å². The van der Waals surface area contributed by atoms with Gasteiger partial charge in [-0.15, -0.1) is 0 Å². The van der Waals surface area contributed by atoms with Crippen LogP contribution in [0.5, 0.6) is 0 Å². The SMILES string of the molecule is CCC(C)NC(=O)c1cncc(N2c3ccccc3CC2C)c1. The van der Waals surface area contributed by atoms with Gasteiger partial charge < -0.3 is 10.2 Å². The van der Waals surface area contributed by atoms with Crippen LogP contribution in [0.2, 0.25) is 0 Å². The van der Waals surface area contributed by atoms with Crippen molar-refractivity contribution < 1.29 is 4.79 Å². The molecule has 2 heterocycles. The maximum absolute atomic E-state index is 12.3. The quantitative estimate of drug-likeness (QED) is 0.937. The number of nitrogens with zero attached hydrogens (tertiary/aromatic N) is 2. The van der Waals surface area contributed by atoms with Gasteiger partial charge in [-0.1, -0.05) is 25.1 Å². The highest BCUT2D eigenvalue weighted by molar-refractivity contribution is 5.95. The smallest absolute Gasteiger partial charge is 0.253 e. The largest absolute Gasteiger partial charge is 0.350 e. The third-order valence-electron chi connectivity index (χ3n) is 4.46. The summed E-state index contributed by atoms with van der Waals surface area (Å²) in [4.78, 5) is 18.9. The molecular weight excluding hydrogens is 286 g/mol. The van der Waals surface area contributed by atoms with E-state index < -0.39 is 0 Å². The Kier molecular flexibility index (Phi) is 4.33. The predicted octanol–water partition coefficient (Wildman–Crippen LogP) is 3.69. The number of hydrogen-bond acceptors (Lipinski definition) is 3. The number of hydrogen-bond donors (Lipinski definition) is 1. The Bertz CT molecular complexity index is 713. The van der Waals surface area contributed by atoms with E-state index in [1.165, 1.54) is 11.3 Å². The zero-order chi connectivity index (χ0) is 16.4. The molecule has 23 heavy (non-hydrogen) atoms. The number of anilines is 2. The Labute approximate surface area is 137 Å². The van der Waals surface area contributed by atoms with Gasteiger partial charge in [0.1, 0.15) is 0 Å². The first-order valence-electron chi connectivity index (χ1n) is 8.23. The first kappa shape index (κ1) is 15.5. The molecule has 2 unspecified atom stereocenters. The number of nitrogens with one attached hydrogen (secondary N) is 1. The normalized spacial score (nSPS) is 17.7. The summed E-state index contributed by atoms with van der Waals surface area (Å²) in [5.41, 5.74) is 4.13. The Balaban J connectivity index is 1.90. The molecule has 0 saturated heterocycles. The molecule has 0 fully saturated rings. The van der Waals surface area contributed by atoms with E-state index in [1.807, 2.05) is 19.2 Å². The van der Waals surface area contributed by atoms with E-state index in [0.717, 1.165) is 18.5 Å². The van der Waals surface area contributed by atoms with Crippen LogP contribution in [0.1, 0.15) is 43.1 Å². The summed E-state index contributed by atoms with van der Waals surface area (Å²) in [6, 6.07) is 10.9. The average molecular weight is 309 g/mol. The van der Waals surface area contributed by atoms with Gasteiger partial charge in [0.2, 0.25) is 0 Å². The topological polar surface area (TPSA) is 45.2 Å². The molecule has 1 aliphatic heterocycles. The van der Waals surface area contributed by atoms with Gasteiger partial charge in [0.15, 0.2) is 0 Å². The molecule has 0 aliphatic carbocycles. The molecule has 0 spiro atoms. The van der Waals surface area contributed by atoms with Gasteiger partial charge in [-0.3, -0.25) is 9.78 Å². The number of benzene rings is 1. The van der Waals surface area contributed by atoms with Crippen LogP contribution in [0.3, 0.4) is 0 Å². The number of rotatable bonds is 4. The minimum absolute atomic E-state index is 0.0613. The molecule has 4 heteroatoms. The predicted molar refractivity (Wildman–Crippen MR) is 93.2 cm³/mol. The van der Waals surface area contributed by atoms with E-state index in [4.69, 9.17) is 0 Å². The summed E-state index contributed by atoms with van der Waals surface area (Å²) >= 11 is 0. The van der Waals surface area contributed by atoms with Crippen molar-refractivity contribution in [2.75, 3.05) is 4.90 Å². The molecule has 1 aromatic heterocycles. The monoisotopic (exact) mass is 309 g/mol. The summed E-state index contributed by atoms with van der Waals surface area (Å²) in [6.45, 7) is 6.27. The third-order valence-corrected chi connectivity index (χ3v) is 4.46. The van der Waals surface area contributed by atoms with Gasteiger partial charge in [-0.2, -0.15) is 0 Å². The molecule has 0 radical (unpaired) electrons. The van der Waals surface area contributed by atoms with E-state index in [1.54, 1.807) is 6.20 Å². The van der Waals surface area contributed by atoms with Crippen molar-refractivity contribution >= 4 is 17.3 Å². The number of amides is 1. The minimum Gasteiger partial charge on any atom is -0.350 e. The van der Waals surface area contributed by atoms with Crippen LogP contribution in [0.15, 0.2) is 42.7 Å². The molecule has 1 amide bonds. The fourth-order valence-corrected chi connectivity index (χ4v) is 3.05. The van der Waals surface area contributed by atoms with E-state index >= 15 is 0 Å². The molecule has 1 aromatic carbocycles. The van der Waals surface area contributed by atoms with Crippen molar-refractivity contribution in [3.8, 4) is 0 Å². The summed E-state index contributed by atoms with van der Waals surface area (Å²) in [5, 5.41) is 3.00. The van der Waals surface area contributed by atoms with Gasteiger partial charge in [0.25, 0.3) is 5.91 Å². The first-order chi connectivity index (χ1) is 11.1. The number of carbonyl (C=O) groups excluding carboxylic acids is 1. The molecule has 4 nitrogen and oxygen atoms in total. The van der Waals surface area contributed by atoms with Crippen LogP contribution in [0.25, 0.3) is 0 Å². The third kappa shape index (κ3) is 3.07. The lowest BCUT2D eigenvalue weighted by atomic mass is 10.1. The Morgan fingerprint density at radius 3 is 2.96 bits per heavy atom. The Hall–Kier alpha value is -2.36. The number of pyridine rings is 1. The lowest BCUT2D eigenvalue weighted by Crippen LogP contribution is -2.32. The van der Waals surface area contributed by atoms with Crippen LogP contribution < -0.4 is 10.2 Å². The van der Waals surface area contributed by atoms with Crippen LogP contribution in [0.4, 0.5) is 11.4 Å². The van der Waals surface area contributed by atoms with Gasteiger partial charge >= 0.3 is 0 Å². The summed E-state index contributed by atoms with van der Waals surface area (Å²) in [7, 11) is 0. The van der Waals surface area contributed by atoms with Crippen molar-refractivity contribution in [3.05, 3.63) is 53.9 Å². The molecular formula is C19H23N3O. The zero-order valence-corrected chi connectivity index (χ0v) is 13.9. The van der Waals surface area contributed by atoms with E-state index in [2.05, 4.69) is 53.3 Å². The molecule has 1 N–H and O–H groups in total. The standard InChI is InChI=1S/C19H23N3O/c1-4-13(2)21-19(23)16-10-17(12-20-11-16)22-14(3)9-15-7-5-6-8-18(15)22/h5-8,10-14H,4,9H2,1-3H3,(H,21,23). The maximum Gasteiger partial charge on any atom is 0.253 e. The number of aromatic nitrogens is 1. The van der Waals surface area contributed by atoms with Crippen molar-refractivity contribution in [1.82, 2.24) is 10.3 Å². The maximum atomic E-state index is 12.3. The van der Waals surface area contributed by atoms with Crippen molar-refractivity contribution in [1.29, 1.82) is 0 Å². The second kappa shape index (κ2) is 6.41. The fourth-order valence-electron chi connectivity index (χ4n) is 3.05. The van der Waals surface area contributed by atoms with Crippen LogP contribution in [-0.4, -0.2) is 23.0 Å². The highest BCUT2D eigenvalue weighted by atomic mass is 16.1. The highest BCUT2D eigenvalue weighted by Gasteiger charge is 2.27. The summed E-state index contributed by atoms with van der Waals surface area (Å²) in [5.74, 6) is -0.0613. The second-order valence-electron chi connectivity index (χ2n) is 6.27. The average Bonchev–Trinajstić information content (AvgIpc) is 2.90. The minimum atomic E-state index is -0.0613. The molecule has 2 aromatic rings. The number of carbonyl (C=O) groups is 1. The Morgan fingerprint density at radius 1 is 1.39 bits per heavy atom. The lowest BCUT2D eigenvalue weighted by molar-refractivity contribution is 0.0939. The first-order valence-corrected chi connectivity index (χ1v) is 8.23. The lowest BCUT2D eigenvalue weighted by Gasteiger charge is -2.25. The molecule has 2 atom stereocenters. The van der Waals surface area contributed by atoms with Crippen molar-refractivity contribution in [2.24, 2.45) is 0 Å².